The Balaban J connectivity index is 3.18. The molecule has 0 aliphatic rings. The topological polar surface area (TPSA) is 93.1 Å². The molecule has 1 unspecified atom stereocenters. The van der Waals surface area contributed by atoms with Crippen LogP contribution in [0, 0.1) is 0 Å². The van der Waals surface area contributed by atoms with Crippen LogP contribution in [0.2, 0.25) is 0 Å². The summed E-state index contributed by atoms with van der Waals surface area (Å²) in [5.74, 6) is -0.519. The first-order valence-corrected chi connectivity index (χ1v) is 6.03. The Hall–Kier alpha value is -1.45. The van der Waals surface area contributed by atoms with Gasteiger partial charge in [0.25, 0.3) is 10.1 Å². The van der Waals surface area contributed by atoms with Crippen molar-refractivity contribution in [2.24, 2.45) is 0 Å². The van der Waals surface area contributed by atoms with E-state index in [1.807, 2.05) is 0 Å². The Morgan fingerprint density at radius 2 is 1.89 bits per heavy atom. The van der Waals surface area contributed by atoms with Crippen LogP contribution in [-0.4, -0.2) is 31.8 Å². The van der Waals surface area contributed by atoms with Gasteiger partial charge < -0.3 is 14.6 Å². The summed E-state index contributed by atoms with van der Waals surface area (Å²) < 4.78 is 63.1. The maximum atomic E-state index is 12.1. The van der Waals surface area contributed by atoms with Crippen LogP contribution in [0.5, 0.6) is 11.5 Å². The lowest BCUT2D eigenvalue weighted by atomic mass is 10.2. The average molecular weight is 284 g/mol. The summed E-state index contributed by atoms with van der Waals surface area (Å²) in [4.78, 5) is 0. The zero-order chi connectivity index (χ0) is 13.9. The number of aliphatic hydroxyl groups is 1. The van der Waals surface area contributed by atoms with Crippen molar-refractivity contribution in [3.05, 3.63) is 23.8 Å². The Bertz CT molecular complexity index is 516. The number of aliphatic hydroxyl groups excluding tert-OH is 1. The van der Waals surface area contributed by atoms with Crippen molar-refractivity contribution in [1.29, 1.82) is 0 Å². The second-order valence-electron chi connectivity index (χ2n) is 3.16. The lowest BCUT2D eigenvalue weighted by Gasteiger charge is -2.13. The van der Waals surface area contributed by atoms with Crippen molar-refractivity contribution in [3.63, 3.8) is 0 Å². The number of hydrogen-bond acceptors (Lipinski definition) is 5. The van der Waals surface area contributed by atoms with Gasteiger partial charge in [-0.05, 0) is 12.1 Å². The number of alkyl halides is 2. The van der Waals surface area contributed by atoms with Gasteiger partial charge in [0.15, 0.2) is 11.5 Å². The zero-order valence-corrected chi connectivity index (χ0v) is 9.89. The fourth-order valence-corrected chi connectivity index (χ4v) is 1.70. The summed E-state index contributed by atoms with van der Waals surface area (Å²) in [6.45, 7) is -3.14. The minimum Gasteiger partial charge on any atom is -0.493 e. The lowest BCUT2D eigenvalue weighted by molar-refractivity contribution is -0.0513. The predicted octanol–water partition coefficient (Wildman–Crippen LogP) is 1.18. The van der Waals surface area contributed by atoms with E-state index in [1.54, 1.807) is 0 Å². The van der Waals surface area contributed by atoms with Crippen LogP contribution < -0.4 is 9.47 Å². The van der Waals surface area contributed by atoms with E-state index in [1.165, 1.54) is 7.11 Å². The third-order valence-electron chi connectivity index (χ3n) is 1.97. The number of benzene rings is 1. The van der Waals surface area contributed by atoms with Crippen LogP contribution in [0.3, 0.4) is 0 Å². The molecule has 18 heavy (non-hydrogen) atoms. The zero-order valence-electron chi connectivity index (χ0n) is 9.08. The molecule has 0 fully saturated rings. The number of rotatable bonds is 5. The van der Waals surface area contributed by atoms with Gasteiger partial charge in [-0.2, -0.15) is 17.2 Å². The van der Waals surface area contributed by atoms with Gasteiger partial charge in [-0.1, -0.05) is 6.07 Å². The van der Waals surface area contributed by atoms with Crippen LogP contribution in [0.4, 0.5) is 8.78 Å². The highest BCUT2D eigenvalue weighted by Crippen LogP contribution is 2.32. The highest BCUT2D eigenvalue weighted by atomic mass is 32.2. The summed E-state index contributed by atoms with van der Waals surface area (Å²) in [5, 5.41) is 9.26. The molecule has 6 nitrogen and oxygen atoms in total. The largest absolute Gasteiger partial charge is 0.493 e. The highest BCUT2D eigenvalue weighted by molar-refractivity contribution is 7.85. The van der Waals surface area contributed by atoms with E-state index in [0.29, 0.717) is 0 Å². The molecular formula is C9H10F2O6S. The van der Waals surface area contributed by atoms with Crippen LogP contribution in [0.15, 0.2) is 18.2 Å². The standard InChI is InChI=1S/C9H10F2O6S/c1-16-6-3-2-5(8(12)18(13,14)15)4-7(6)17-9(10)11/h2-4,8-9,12H,1H3,(H,13,14,15). The first-order valence-electron chi connectivity index (χ1n) is 4.53. The lowest BCUT2D eigenvalue weighted by Crippen LogP contribution is -2.12. The van der Waals surface area contributed by atoms with Gasteiger partial charge in [0, 0.05) is 5.56 Å². The maximum absolute atomic E-state index is 12.1. The first-order chi connectivity index (χ1) is 8.25. The molecule has 1 atom stereocenters. The molecule has 0 aliphatic carbocycles. The predicted molar refractivity (Wildman–Crippen MR) is 56.1 cm³/mol. The Kier molecular flexibility index (Phi) is 4.43. The van der Waals surface area contributed by atoms with E-state index in [-0.39, 0.29) is 11.3 Å². The molecule has 0 saturated carbocycles. The monoisotopic (exact) mass is 284 g/mol. The van der Waals surface area contributed by atoms with Gasteiger partial charge in [-0.3, -0.25) is 4.55 Å². The van der Waals surface area contributed by atoms with Crippen molar-refractivity contribution in [3.8, 4) is 11.5 Å². The minimum atomic E-state index is -4.75. The van der Waals surface area contributed by atoms with Gasteiger partial charge in [0.2, 0.25) is 5.44 Å². The molecule has 0 spiro atoms. The van der Waals surface area contributed by atoms with Crippen LogP contribution >= 0.6 is 0 Å². The van der Waals surface area contributed by atoms with Crippen molar-refractivity contribution in [1.82, 2.24) is 0 Å². The SMILES string of the molecule is COc1ccc(C(O)S(=O)(=O)O)cc1OC(F)F. The number of hydrogen-bond donors (Lipinski definition) is 2. The summed E-state index contributed by atoms with van der Waals surface area (Å²) >= 11 is 0. The van der Waals surface area contributed by atoms with Crippen molar-refractivity contribution in [2.75, 3.05) is 7.11 Å². The molecule has 0 aromatic heterocycles. The average Bonchev–Trinajstić information content (AvgIpc) is 2.26. The second-order valence-corrected chi connectivity index (χ2v) is 4.63. The molecule has 0 heterocycles. The van der Waals surface area contributed by atoms with Gasteiger partial charge in [-0.25, -0.2) is 0 Å². The fourth-order valence-electron chi connectivity index (χ4n) is 1.21. The Morgan fingerprint density at radius 1 is 1.28 bits per heavy atom. The number of halogens is 2. The molecule has 2 N–H and O–H groups in total. The normalized spacial score (nSPS) is 13.4. The summed E-state index contributed by atoms with van der Waals surface area (Å²) in [5.41, 5.74) is -2.57. The van der Waals surface area contributed by atoms with Gasteiger partial charge >= 0.3 is 6.61 Å². The Morgan fingerprint density at radius 3 is 2.33 bits per heavy atom. The van der Waals surface area contributed by atoms with E-state index in [0.717, 1.165) is 18.2 Å². The molecule has 0 saturated heterocycles. The number of methoxy groups -OCH3 is 1. The van der Waals surface area contributed by atoms with E-state index in [2.05, 4.69) is 4.74 Å². The van der Waals surface area contributed by atoms with E-state index < -0.39 is 27.9 Å². The number of ether oxygens (including phenoxy) is 2. The van der Waals surface area contributed by atoms with E-state index in [9.17, 15) is 22.3 Å². The molecule has 1 rings (SSSR count). The molecule has 0 bridgehead atoms. The highest BCUT2D eigenvalue weighted by Gasteiger charge is 2.23. The second kappa shape index (κ2) is 5.46. The van der Waals surface area contributed by atoms with Crippen LogP contribution in [0.1, 0.15) is 11.0 Å². The summed E-state index contributed by atoms with van der Waals surface area (Å²) in [6, 6.07) is 3.06. The third-order valence-corrected chi connectivity index (χ3v) is 2.81. The van der Waals surface area contributed by atoms with E-state index >= 15 is 0 Å². The molecule has 0 amide bonds. The quantitative estimate of drug-likeness (QED) is 0.788. The van der Waals surface area contributed by atoms with Crippen molar-refractivity contribution in [2.45, 2.75) is 12.0 Å². The molecular weight excluding hydrogens is 274 g/mol. The summed E-state index contributed by atoms with van der Waals surface area (Å²) in [7, 11) is -3.55. The van der Waals surface area contributed by atoms with Crippen molar-refractivity contribution >= 4 is 10.1 Å². The first kappa shape index (κ1) is 14.6. The van der Waals surface area contributed by atoms with E-state index in [4.69, 9.17) is 9.29 Å². The smallest absolute Gasteiger partial charge is 0.387 e. The van der Waals surface area contributed by atoms with Gasteiger partial charge in [-0.15, -0.1) is 0 Å². The molecule has 1 aromatic carbocycles. The molecule has 0 aliphatic heterocycles. The maximum Gasteiger partial charge on any atom is 0.387 e. The Labute approximate surface area is 102 Å². The van der Waals surface area contributed by atoms with Gasteiger partial charge in [0.1, 0.15) is 0 Å². The van der Waals surface area contributed by atoms with Gasteiger partial charge in [0.05, 0.1) is 7.11 Å². The molecule has 102 valence electrons. The third kappa shape index (κ3) is 3.52. The minimum absolute atomic E-state index is 0.0680. The molecule has 0 radical (unpaired) electrons. The molecule has 9 heteroatoms. The summed E-state index contributed by atoms with van der Waals surface area (Å²) in [6.07, 6.45) is 0. The fraction of sp³-hybridized carbons (Fsp3) is 0.333. The van der Waals surface area contributed by atoms with Crippen molar-refractivity contribution < 1.29 is 36.3 Å². The van der Waals surface area contributed by atoms with Crippen LogP contribution in [-0.2, 0) is 10.1 Å². The molecule has 1 aromatic rings. The van der Waals surface area contributed by atoms with Crippen LogP contribution in [0.25, 0.3) is 0 Å².